The summed E-state index contributed by atoms with van der Waals surface area (Å²) in [5, 5.41) is 3.63. The van der Waals surface area contributed by atoms with E-state index in [1.807, 2.05) is 6.07 Å². The van der Waals surface area contributed by atoms with Crippen LogP contribution in [0.25, 0.3) is 11.0 Å². The fourth-order valence-corrected chi connectivity index (χ4v) is 1.62. The van der Waals surface area contributed by atoms with E-state index in [1.54, 1.807) is 30.5 Å². The fraction of sp³-hybridized carbons (Fsp3) is 0. The molecule has 6 heteroatoms. The van der Waals surface area contributed by atoms with E-state index in [0.717, 1.165) is 5.39 Å². The fourth-order valence-electron chi connectivity index (χ4n) is 1.62. The minimum absolute atomic E-state index is 0.358. The van der Waals surface area contributed by atoms with Crippen molar-refractivity contribution < 1.29 is 4.74 Å². The zero-order chi connectivity index (χ0) is 12.4. The van der Waals surface area contributed by atoms with Crippen LogP contribution in [-0.2, 0) is 0 Å². The summed E-state index contributed by atoms with van der Waals surface area (Å²) < 4.78 is 5.63. The average Bonchev–Trinajstić information content (AvgIpc) is 2.89. The maximum Gasteiger partial charge on any atom is 0.231 e. The molecule has 3 rings (SSSR count). The zero-order valence-corrected chi connectivity index (χ0v) is 9.20. The average molecular weight is 240 g/mol. The van der Waals surface area contributed by atoms with E-state index in [9.17, 15) is 4.91 Å². The molecule has 0 spiro atoms. The Bertz CT molecular complexity index is 691. The SMILES string of the molecule is O=Nc1ccc(Oc2ncnc3[nH]ccc23)cc1. The smallest absolute Gasteiger partial charge is 0.231 e. The minimum atomic E-state index is 0.358. The molecular weight excluding hydrogens is 232 g/mol. The molecule has 2 aromatic heterocycles. The first-order chi connectivity index (χ1) is 8.86. The van der Waals surface area contributed by atoms with Gasteiger partial charge < -0.3 is 9.72 Å². The molecular formula is C12H8N4O2. The number of nitroso groups, excluding NO2 is 1. The van der Waals surface area contributed by atoms with Gasteiger partial charge in [0.15, 0.2) is 0 Å². The normalized spacial score (nSPS) is 10.4. The molecule has 0 radical (unpaired) electrons. The maximum absolute atomic E-state index is 10.3. The summed E-state index contributed by atoms with van der Waals surface area (Å²) in [6, 6.07) is 8.33. The molecule has 0 unspecified atom stereocenters. The van der Waals surface area contributed by atoms with Gasteiger partial charge in [-0.25, -0.2) is 9.97 Å². The van der Waals surface area contributed by atoms with Gasteiger partial charge in [0.05, 0.1) is 5.39 Å². The first-order valence-corrected chi connectivity index (χ1v) is 5.26. The Kier molecular flexibility index (Phi) is 2.45. The van der Waals surface area contributed by atoms with E-state index in [0.29, 0.717) is 23.0 Å². The number of ether oxygens (including phenoxy) is 1. The number of aromatic amines is 1. The lowest BCUT2D eigenvalue weighted by atomic mass is 10.3. The van der Waals surface area contributed by atoms with Gasteiger partial charge in [-0.2, -0.15) is 0 Å². The Morgan fingerprint density at radius 1 is 1.11 bits per heavy atom. The number of hydrogen-bond acceptors (Lipinski definition) is 5. The predicted molar refractivity (Wildman–Crippen MR) is 65.9 cm³/mol. The Morgan fingerprint density at radius 2 is 1.94 bits per heavy atom. The van der Waals surface area contributed by atoms with Gasteiger partial charge in [0, 0.05) is 6.20 Å². The van der Waals surface area contributed by atoms with E-state index < -0.39 is 0 Å². The van der Waals surface area contributed by atoms with Crippen LogP contribution in [-0.4, -0.2) is 15.0 Å². The lowest BCUT2D eigenvalue weighted by Gasteiger charge is -2.04. The molecule has 0 aliphatic rings. The Balaban J connectivity index is 1.95. The van der Waals surface area contributed by atoms with Gasteiger partial charge in [-0.05, 0) is 35.5 Å². The Morgan fingerprint density at radius 3 is 2.72 bits per heavy atom. The number of rotatable bonds is 3. The molecule has 0 aliphatic heterocycles. The van der Waals surface area contributed by atoms with E-state index in [2.05, 4.69) is 20.1 Å². The number of nitrogens with one attached hydrogen (secondary N) is 1. The highest BCUT2D eigenvalue weighted by molar-refractivity contribution is 5.80. The Labute approximate surface area is 102 Å². The second-order valence-corrected chi connectivity index (χ2v) is 3.61. The highest BCUT2D eigenvalue weighted by atomic mass is 16.5. The van der Waals surface area contributed by atoms with E-state index >= 15 is 0 Å². The van der Waals surface area contributed by atoms with Crippen molar-refractivity contribution in [2.45, 2.75) is 0 Å². The summed E-state index contributed by atoms with van der Waals surface area (Å²) in [5.41, 5.74) is 1.07. The van der Waals surface area contributed by atoms with E-state index in [1.165, 1.54) is 6.33 Å². The topological polar surface area (TPSA) is 80.2 Å². The third-order valence-electron chi connectivity index (χ3n) is 2.47. The largest absolute Gasteiger partial charge is 0.438 e. The Hall–Kier alpha value is -2.76. The maximum atomic E-state index is 10.3. The van der Waals surface area contributed by atoms with Gasteiger partial charge in [-0.15, -0.1) is 4.91 Å². The summed E-state index contributed by atoms with van der Waals surface area (Å²) in [6.45, 7) is 0. The van der Waals surface area contributed by atoms with E-state index in [-0.39, 0.29) is 0 Å². The van der Waals surface area contributed by atoms with Crippen LogP contribution < -0.4 is 4.74 Å². The number of hydrogen-bond donors (Lipinski definition) is 1. The highest BCUT2D eigenvalue weighted by Gasteiger charge is 2.06. The van der Waals surface area contributed by atoms with Crippen molar-refractivity contribution in [1.29, 1.82) is 0 Å². The summed E-state index contributed by atoms with van der Waals surface area (Å²) in [5.74, 6) is 1.05. The molecule has 2 heterocycles. The molecule has 0 atom stereocenters. The summed E-state index contributed by atoms with van der Waals surface area (Å²) >= 11 is 0. The monoisotopic (exact) mass is 240 g/mol. The number of benzene rings is 1. The van der Waals surface area contributed by atoms with Gasteiger partial charge in [0.2, 0.25) is 5.88 Å². The van der Waals surface area contributed by atoms with Crippen molar-refractivity contribution in [3.8, 4) is 11.6 Å². The van der Waals surface area contributed by atoms with Crippen LogP contribution in [0.2, 0.25) is 0 Å². The lowest BCUT2D eigenvalue weighted by Crippen LogP contribution is -1.89. The van der Waals surface area contributed by atoms with Gasteiger partial charge in [0.25, 0.3) is 0 Å². The first-order valence-electron chi connectivity index (χ1n) is 5.26. The van der Waals surface area contributed by atoms with Gasteiger partial charge >= 0.3 is 0 Å². The van der Waals surface area contributed by atoms with Crippen LogP contribution in [0.1, 0.15) is 0 Å². The number of aromatic nitrogens is 3. The van der Waals surface area contributed by atoms with E-state index in [4.69, 9.17) is 4.74 Å². The second kappa shape index (κ2) is 4.25. The standard InChI is InChI=1S/C12H8N4O2/c17-16-8-1-3-9(4-2-8)18-12-10-5-6-13-11(10)14-7-15-12/h1-7H,(H,13,14,15). The third-order valence-corrected chi connectivity index (χ3v) is 2.47. The predicted octanol–water partition coefficient (Wildman–Crippen LogP) is 3.15. The van der Waals surface area contributed by atoms with Crippen molar-refractivity contribution in [1.82, 2.24) is 15.0 Å². The molecule has 0 bridgehead atoms. The lowest BCUT2D eigenvalue weighted by molar-refractivity contribution is 0.468. The van der Waals surface area contributed by atoms with Gasteiger partial charge in [-0.1, -0.05) is 0 Å². The van der Waals surface area contributed by atoms with Crippen LogP contribution >= 0.6 is 0 Å². The molecule has 0 saturated heterocycles. The molecule has 0 aliphatic carbocycles. The van der Waals surface area contributed by atoms with Crippen LogP contribution in [0.4, 0.5) is 5.69 Å². The van der Waals surface area contributed by atoms with Crippen molar-refractivity contribution >= 4 is 16.7 Å². The minimum Gasteiger partial charge on any atom is -0.438 e. The van der Waals surface area contributed by atoms with Crippen LogP contribution in [0.5, 0.6) is 11.6 Å². The molecule has 3 aromatic rings. The summed E-state index contributed by atoms with van der Waals surface area (Å²) in [7, 11) is 0. The molecule has 88 valence electrons. The van der Waals surface area contributed by atoms with Crippen LogP contribution in [0.3, 0.4) is 0 Å². The van der Waals surface area contributed by atoms with Gasteiger partial charge in [-0.3, -0.25) is 0 Å². The summed E-state index contributed by atoms with van der Waals surface area (Å²) in [6.07, 6.45) is 3.20. The number of nitrogens with zero attached hydrogens (tertiary/aromatic N) is 3. The molecule has 1 N–H and O–H groups in total. The van der Waals surface area contributed by atoms with Gasteiger partial charge in [0.1, 0.15) is 23.4 Å². The molecule has 1 aromatic carbocycles. The third kappa shape index (κ3) is 1.80. The highest BCUT2D eigenvalue weighted by Crippen LogP contribution is 2.27. The molecule has 18 heavy (non-hydrogen) atoms. The first kappa shape index (κ1) is 10.4. The molecule has 0 amide bonds. The van der Waals surface area contributed by atoms with Crippen molar-refractivity contribution in [3.63, 3.8) is 0 Å². The molecule has 0 fully saturated rings. The summed E-state index contributed by atoms with van der Waals surface area (Å²) in [4.78, 5) is 21.4. The van der Waals surface area contributed by atoms with Crippen LogP contribution in [0, 0.1) is 4.91 Å². The number of fused-ring (bicyclic) bond motifs is 1. The molecule has 0 saturated carbocycles. The second-order valence-electron chi connectivity index (χ2n) is 3.61. The van der Waals surface area contributed by atoms with Crippen molar-refractivity contribution in [2.24, 2.45) is 5.18 Å². The van der Waals surface area contributed by atoms with Crippen LogP contribution in [0.15, 0.2) is 48.0 Å². The quantitative estimate of drug-likeness (QED) is 0.713. The molecule has 6 nitrogen and oxygen atoms in total. The van der Waals surface area contributed by atoms with Crippen molar-refractivity contribution in [2.75, 3.05) is 0 Å². The van der Waals surface area contributed by atoms with Crippen molar-refractivity contribution in [3.05, 3.63) is 47.8 Å². The zero-order valence-electron chi connectivity index (χ0n) is 9.20. The number of H-pyrrole nitrogens is 1.